The first-order valence-electron chi connectivity index (χ1n) is 7.82. The van der Waals surface area contributed by atoms with Gasteiger partial charge in [-0.1, -0.05) is 0 Å². The van der Waals surface area contributed by atoms with Crippen LogP contribution in [0.15, 0.2) is 17.2 Å². The summed E-state index contributed by atoms with van der Waals surface area (Å²) < 4.78 is 15.6. The fraction of sp³-hybridized carbons (Fsp3) is 0.500. The van der Waals surface area contributed by atoms with E-state index in [-0.39, 0.29) is 10.5 Å². The predicted molar refractivity (Wildman–Crippen MR) is 90.2 cm³/mol. The molecular formula is C16H21N3O6. The lowest BCUT2D eigenvalue weighted by Crippen LogP contribution is -2.34. The number of methoxy groups -OCH3 is 3. The number of hydrogen-bond donors (Lipinski definition) is 1. The number of nitrogens with one attached hydrogen (secondary N) is 1. The van der Waals surface area contributed by atoms with Crippen LogP contribution >= 0.6 is 0 Å². The van der Waals surface area contributed by atoms with Gasteiger partial charge in [-0.05, 0) is 31.4 Å². The Kier molecular flexibility index (Phi) is 6.15. The summed E-state index contributed by atoms with van der Waals surface area (Å²) in [5, 5.41) is 15.1. The van der Waals surface area contributed by atoms with Crippen LogP contribution in [0.3, 0.4) is 0 Å². The highest BCUT2D eigenvalue weighted by molar-refractivity contribution is 5.97. The lowest BCUT2D eigenvalue weighted by Gasteiger charge is -2.17. The van der Waals surface area contributed by atoms with Crippen LogP contribution in [0.2, 0.25) is 0 Å². The summed E-state index contributed by atoms with van der Waals surface area (Å²) in [4.78, 5) is 23.1. The smallest absolute Gasteiger partial charge is 0.271 e. The first-order valence-corrected chi connectivity index (χ1v) is 7.82. The molecule has 0 bridgehead atoms. The third-order valence-corrected chi connectivity index (χ3v) is 4.03. The Morgan fingerprint density at radius 3 is 2.36 bits per heavy atom. The monoisotopic (exact) mass is 351 g/mol. The molecule has 1 atom stereocenters. The molecule has 25 heavy (non-hydrogen) atoms. The number of carbonyl (C=O) groups is 1. The zero-order chi connectivity index (χ0) is 18.4. The van der Waals surface area contributed by atoms with Crippen molar-refractivity contribution < 1.29 is 23.9 Å². The van der Waals surface area contributed by atoms with E-state index >= 15 is 0 Å². The number of hydrogen-bond acceptors (Lipinski definition) is 7. The summed E-state index contributed by atoms with van der Waals surface area (Å²) in [6.45, 7) is 0. The maximum atomic E-state index is 12.4. The van der Waals surface area contributed by atoms with Crippen molar-refractivity contribution in [2.45, 2.75) is 31.7 Å². The number of nitro groups is 1. The first-order chi connectivity index (χ1) is 12.0. The van der Waals surface area contributed by atoms with Gasteiger partial charge in [-0.25, -0.2) is 5.43 Å². The molecule has 1 aliphatic carbocycles. The Balaban J connectivity index is 2.23. The van der Waals surface area contributed by atoms with Gasteiger partial charge in [0.25, 0.3) is 11.9 Å². The van der Waals surface area contributed by atoms with Gasteiger partial charge < -0.3 is 14.2 Å². The molecule has 1 aliphatic rings. The number of nitrogens with zero attached hydrogens (tertiary/aromatic N) is 2. The highest BCUT2D eigenvalue weighted by Gasteiger charge is 2.30. The number of ether oxygens (including phenoxy) is 3. The maximum Gasteiger partial charge on any atom is 0.271 e. The quantitative estimate of drug-likeness (QED) is 0.620. The molecule has 0 radical (unpaired) electrons. The standard InChI is InChI=1S/C16H21N3O6/c1-23-13-8-10(9-14(24-2)15(13)25-3)16(20)18-17-11-6-4-5-7-12(11)19(21)22/h8-9,12H,4-7H2,1-3H3,(H,18,20)/b17-11-. The van der Waals surface area contributed by atoms with Crippen molar-refractivity contribution in [3.05, 3.63) is 27.8 Å². The number of rotatable bonds is 6. The molecular weight excluding hydrogens is 330 g/mol. The van der Waals surface area contributed by atoms with Crippen LogP contribution in [-0.2, 0) is 0 Å². The molecule has 136 valence electrons. The van der Waals surface area contributed by atoms with Gasteiger partial charge >= 0.3 is 0 Å². The van der Waals surface area contributed by atoms with Crippen molar-refractivity contribution >= 4 is 11.6 Å². The van der Waals surface area contributed by atoms with E-state index in [0.29, 0.717) is 35.8 Å². The third-order valence-electron chi connectivity index (χ3n) is 4.03. The fourth-order valence-corrected chi connectivity index (χ4v) is 2.73. The van der Waals surface area contributed by atoms with Gasteiger partial charge in [-0.2, -0.15) is 5.10 Å². The summed E-state index contributed by atoms with van der Waals surface area (Å²) in [5.74, 6) is 0.522. The topological polar surface area (TPSA) is 112 Å². The van der Waals surface area contributed by atoms with Gasteiger partial charge in [0, 0.05) is 16.9 Å². The Labute approximate surface area is 145 Å². The van der Waals surface area contributed by atoms with E-state index in [1.54, 1.807) is 0 Å². The molecule has 0 aromatic heterocycles. The van der Waals surface area contributed by atoms with Gasteiger partial charge in [-0.15, -0.1) is 0 Å². The van der Waals surface area contributed by atoms with Crippen molar-refractivity contribution in [2.75, 3.05) is 21.3 Å². The molecule has 0 heterocycles. The van der Waals surface area contributed by atoms with E-state index in [9.17, 15) is 14.9 Å². The summed E-state index contributed by atoms with van der Waals surface area (Å²) in [5.41, 5.74) is 3.02. The third kappa shape index (κ3) is 4.17. The average Bonchev–Trinajstić information content (AvgIpc) is 2.64. The predicted octanol–water partition coefficient (Wildman–Crippen LogP) is 2.02. The molecule has 9 nitrogen and oxygen atoms in total. The zero-order valence-electron chi connectivity index (χ0n) is 14.4. The SMILES string of the molecule is COc1cc(C(=O)N/N=C2/CCCCC2[N+](=O)[O-])cc(OC)c1OC. The summed E-state index contributed by atoms with van der Waals surface area (Å²) in [6.07, 6.45) is 2.54. The van der Waals surface area contributed by atoms with Crippen molar-refractivity contribution in [3.8, 4) is 17.2 Å². The summed E-state index contributed by atoms with van der Waals surface area (Å²) in [6, 6.07) is 2.14. The molecule has 0 aliphatic heterocycles. The second-order valence-corrected chi connectivity index (χ2v) is 5.51. The minimum Gasteiger partial charge on any atom is -0.493 e. The van der Waals surface area contributed by atoms with Crippen LogP contribution in [0.5, 0.6) is 17.2 Å². The van der Waals surface area contributed by atoms with Crippen molar-refractivity contribution in [1.82, 2.24) is 5.43 Å². The number of amides is 1. The minimum atomic E-state index is -0.839. The molecule has 1 unspecified atom stereocenters. The Hall–Kier alpha value is -2.84. The fourth-order valence-electron chi connectivity index (χ4n) is 2.73. The van der Waals surface area contributed by atoms with Crippen LogP contribution in [0.4, 0.5) is 0 Å². The molecule has 1 saturated carbocycles. The summed E-state index contributed by atoms with van der Waals surface area (Å²) >= 11 is 0. The van der Waals surface area contributed by atoms with Crippen LogP contribution in [-0.4, -0.2) is 43.9 Å². The van der Waals surface area contributed by atoms with E-state index in [4.69, 9.17) is 14.2 Å². The largest absolute Gasteiger partial charge is 0.493 e. The molecule has 1 aromatic rings. The average molecular weight is 351 g/mol. The molecule has 1 amide bonds. The molecule has 1 N–H and O–H groups in total. The Morgan fingerprint density at radius 1 is 1.20 bits per heavy atom. The normalized spacial score (nSPS) is 18.5. The highest BCUT2D eigenvalue weighted by atomic mass is 16.6. The van der Waals surface area contributed by atoms with Crippen molar-refractivity contribution in [2.24, 2.45) is 5.10 Å². The van der Waals surface area contributed by atoms with Crippen molar-refractivity contribution in [1.29, 1.82) is 0 Å². The van der Waals surface area contributed by atoms with Gasteiger partial charge in [-0.3, -0.25) is 14.9 Å². The lowest BCUT2D eigenvalue weighted by molar-refractivity contribution is -0.504. The Morgan fingerprint density at radius 2 is 1.84 bits per heavy atom. The number of hydrazone groups is 1. The number of benzene rings is 1. The molecule has 1 aromatic carbocycles. The van der Waals surface area contributed by atoms with Gasteiger partial charge in [0.1, 0.15) is 5.71 Å². The highest BCUT2D eigenvalue weighted by Crippen LogP contribution is 2.38. The van der Waals surface area contributed by atoms with Crippen molar-refractivity contribution in [3.63, 3.8) is 0 Å². The van der Waals surface area contributed by atoms with Crippen LogP contribution in [0.1, 0.15) is 36.0 Å². The van der Waals surface area contributed by atoms with E-state index in [1.165, 1.54) is 33.5 Å². The number of carbonyl (C=O) groups excluding carboxylic acids is 1. The van der Waals surface area contributed by atoms with E-state index in [1.807, 2.05) is 0 Å². The van der Waals surface area contributed by atoms with Gasteiger partial charge in [0.15, 0.2) is 11.5 Å². The maximum absolute atomic E-state index is 12.4. The Bertz CT molecular complexity index is 663. The molecule has 2 rings (SSSR count). The molecule has 0 spiro atoms. The van der Waals surface area contributed by atoms with E-state index in [2.05, 4.69) is 10.5 Å². The molecule has 1 fully saturated rings. The summed E-state index contributed by atoms with van der Waals surface area (Å²) in [7, 11) is 4.36. The first kappa shape index (κ1) is 18.5. The molecule has 0 saturated heterocycles. The van der Waals surface area contributed by atoms with E-state index < -0.39 is 11.9 Å². The molecule has 9 heteroatoms. The van der Waals surface area contributed by atoms with Crippen LogP contribution in [0, 0.1) is 10.1 Å². The van der Waals surface area contributed by atoms with Gasteiger partial charge in [0.2, 0.25) is 5.75 Å². The van der Waals surface area contributed by atoms with Crippen LogP contribution in [0.25, 0.3) is 0 Å². The van der Waals surface area contributed by atoms with E-state index in [0.717, 1.165) is 12.8 Å². The van der Waals surface area contributed by atoms with Crippen LogP contribution < -0.4 is 19.6 Å². The second-order valence-electron chi connectivity index (χ2n) is 5.51. The lowest BCUT2D eigenvalue weighted by atomic mass is 9.94. The zero-order valence-corrected chi connectivity index (χ0v) is 14.4. The van der Waals surface area contributed by atoms with Gasteiger partial charge in [0.05, 0.1) is 21.3 Å². The minimum absolute atomic E-state index is 0.243. The second kappa shape index (κ2) is 8.32.